The van der Waals surface area contributed by atoms with Crippen LogP contribution < -0.4 is 17.6 Å². The molecule has 0 N–H and O–H groups in total. The van der Waals surface area contributed by atoms with Crippen molar-refractivity contribution in [2.45, 2.75) is 0 Å². The van der Waals surface area contributed by atoms with Crippen molar-refractivity contribution in [1.29, 1.82) is 0 Å². The van der Waals surface area contributed by atoms with Gasteiger partial charge in [-0.15, -0.1) is 0 Å². The Morgan fingerprint density at radius 1 is 0.365 bits per heavy atom. The van der Waals surface area contributed by atoms with E-state index in [1.54, 1.807) is 0 Å². The third-order valence-corrected chi connectivity index (χ3v) is 20.8. The molecule has 6 heteroatoms. The van der Waals surface area contributed by atoms with Crippen LogP contribution in [0.1, 0.15) is 27.4 Å². The van der Waals surface area contributed by atoms with E-state index in [4.69, 9.17) is 28.7 Å². The van der Waals surface area contributed by atoms with Crippen molar-refractivity contribution in [3.05, 3.63) is 236 Å². The molecule has 0 fully saturated rings. The molecule has 3 heterocycles. The quantitative estimate of drug-likeness (QED) is 0.143. The van der Waals surface area contributed by atoms with Crippen molar-refractivity contribution in [3.63, 3.8) is 0 Å². The van der Waals surface area contributed by atoms with Gasteiger partial charge < -0.3 is 0 Å². The molecule has 0 saturated heterocycles. The monoisotopic (exact) mass is 887 g/mol. The second-order valence-corrected chi connectivity index (χ2v) is 22.3. The average Bonchev–Trinajstić information content (AvgIpc) is 2.28. The number of hydrogen-bond donors (Lipinski definition) is 0. The molecule has 0 unspecified atom stereocenters. The van der Waals surface area contributed by atoms with E-state index >= 15 is 0 Å². The van der Waals surface area contributed by atoms with Crippen LogP contribution in [0, 0.1) is 0 Å². The molecule has 12 aromatic rings. The van der Waals surface area contributed by atoms with Gasteiger partial charge in [0.1, 0.15) is 0 Å². The van der Waals surface area contributed by atoms with Gasteiger partial charge in [-0.1, -0.05) is 12.1 Å². The van der Waals surface area contributed by atoms with Gasteiger partial charge in [-0.3, -0.25) is 0 Å². The zero-order valence-electron chi connectivity index (χ0n) is 52.7. The topological polar surface area (TPSA) is 48.5 Å². The Labute approximate surface area is 395 Å². The van der Waals surface area contributed by atoms with Crippen molar-refractivity contribution in [1.82, 2.24) is 24.1 Å². The molecule has 3 aromatic heterocycles. The third-order valence-electron chi connectivity index (χ3n) is 11.1. The molecule has 0 spiro atoms. The third kappa shape index (κ3) is 5.96. The van der Waals surface area contributed by atoms with Gasteiger partial charge in [0.15, 0.2) is 0 Å². The SMILES string of the molecule is [2H]c1c([2H])c(-c2nc(-c3ccccc3-n3c4c([2H])c([2H])c([2H])c([2H])c4c4c([2H])c([2H])c([2H])c([2H])c43)nc(-n3c4c([2H])c([2H])c([2H])c([2H])c4c4c([2H])c([2H])c([2H])c([2H])c43)n2)c([2H])[c]([Ge]([c]2ccccc2)([c]2ccccc2)[c]2ccccc2)c1[2H]. The standard InChI is InChI=1S/C57H39GeN5/c1-4-22-41(23-5-1)58(42-24-6-2-7-25-42,43-26-8-3-9-27-43)44-28-20-21-40(39-44)55-59-56(61-57(60-55)63-52-36-17-12-31-47(52)48-32-13-18-37-53(48)63)49-33-14-19-38-54(49)62-50-34-15-10-29-45(50)46-30-11-16-35-51(46)62/h1-39H/i10D,11D,12D,13D,15D,16D,17D,18D,20D,21D,28D,29D,30D,31D,32D,34D,35D,36D,37D,39D. The Kier molecular flexibility index (Phi) is 5.27. The number of rotatable bonds is 8. The Morgan fingerprint density at radius 2 is 0.794 bits per heavy atom. The number of aromatic nitrogens is 5. The summed E-state index contributed by atoms with van der Waals surface area (Å²) in [6.07, 6.45) is 0. The van der Waals surface area contributed by atoms with Crippen molar-refractivity contribution in [2.24, 2.45) is 0 Å². The Balaban J connectivity index is 1.30. The van der Waals surface area contributed by atoms with Crippen LogP contribution in [-0.4, -0.2) is 37.4 Å². The van der Waals surface area contributed by atoms with E-state index in [1.165, 1.54) is 28.8 Å². The van der Waals surface area contributed by atoms with Gasteiger partial charge in [-0.25, -0.2) is 0 Å². The summed E-state index contributed by atoms with van der Waals surface area (Å²) in [6.45, 7) is 0. The summed E-state index contributed by atoms with van der Waals surface area (Å²) in [5.41, 5.74) is -1.87. The van der Waals surface area contributed by atoms with Crippen molar-refractivity contribution >= 4 is 74.5 Å². The summed E-state index contributed by atoms with van der Waals surface area (Å²) in [6, 6.07) is 20.8. The number of fused-ring (bicyclic) bond motifs is 6. The van der Waals surface area contributed by atoms with Crippen LogP contribution >= 0.6 is 0 Å². The molecule has 0 aliphatic carbocycles. The van der Waals surface area contributed by atoms with Crippen molar-refractivity contribution < 1.29 is 27.4 Å². The predicted octanol–water partition coefficient (Wildman–Crippen LogP) is 10.8. The van der Waals surface area contributed by atoms with Gasteiger partial charge in [-0.05, 0) is 0 Å². The van der Waals surface area contributed by atoms with Crippen molar-refractivity contribution in [3.8, 4) is 34.4 Å². The van der Waals surface area contributed by atoms with E-state index in [1.807, 2.05) is 91.0 Å². The molecule has 0 aliphatic rings. The number of para-hydroxylation sites is 5. The fraction of sp³-hybridized carbons (Fsp3) is 0. The summed E-state index contributed by atoms with van der Waals surface area (Å²) in [5.74, 6) is -1.53. The summed E-state index contributed by atoms with van der Waals surface area (Å²) in [4.78, 5) is 14.8. The number of hydrogen-bond acceptors (Lipinski definition) is 3. The van der Waals surface area contributed by atoms with Crippen LogP contribution in [0.4, 0.5) is 0 Å². The first-order valence-corrected chi connectivity index (χ1v) is 23.9. The minimum atomic E-state index is -4.79. The molecule has 0 saturated carbocycles. The summed E-state index contributed by atoms with van der Waals surface area (Å²) < 4.78 is 189. The molecule has 0 aliphatic heterocycles. The zero-order chi connectivity index (χ0) is 59.2. The molecular weight excluding hydrogens is 827 g/mol. The van der Waals surface area contributed by atoms with Gasteiger partial charge in [0, 0.05) is 0 Å². The first-order chi connectivity index (χ1) is 39.6. The van der Waals surface area contributed by atoms with E-state index in [2.05, 4.69) is 0 Å². The molecule has 5 nitrogen and oxygen atoms in total. The number of benzene rings is 9. The number of nitrogens with zero attached hydrogens (tertiary/aromatic N) is 5. The molecule has 63 heavy (non-hydrogen) atoms. The van der Waals surface area contributed by atoms with Crippen LogP contribution in [0.5, 0.6) is 0 Å². The van der Waals surface area contributed by atoms with E-state index in [-0.39, 0.29) is 48.2 Å². The molecular formula is C57H39GeN5. The van der Waals surface area contributed by atoms with E-state index in [9.17, 15) is 13.7 Å². The normalized spacial score (nSPS) is 16.3. The van der Waals surface area contributed by atoms with Crippen LogP contribution in [0.2, 0.25) is 0 Å². The van der Waals surface area contributed by atoms with Gasteiger partial charge in [0.2, 0.25) is 0 Å². The van der Waals surface area contributed by atoms with Crippen LogP contribution in [-0.2, 0) is 0 Å². The minimum absolute atomic E-state index is 0.0523. The van der Waals surface area contributed by atoms with Crippen molar-refractivity contribution in [2.75, 3.05) is 0 Å². The second kappa shape index (κ2) is 15.2. The first kappa shape index (κ1) is 21.8. The van der Waals surface area contributed by atoms with Crippen LogP contribution in [0.25, 0.3) is 78.0 Å². The average molecular weight is 887 g/mol. The molecule has 0 atom stereocenters. The van der Waals surface area contributed by atoms with E-state index in [0.717, 1.165) is 17.8 Å². The zero-order valence-corrected chi connectivity index (χ0v) is 34.8. The summed E-state index contributed by atoms with van der Waals surface area (Å²) in [7, 11) is 0. The maximum absolute atomic E-state index is 10.5. The Hall–Kier alpha value is -7.87. The van der Waals surface area contributed by atoms with Gasteiger partial charge in [0.25, 0.3) is 0 Å². The second-order valence-electron chi connectivity index (χ2n) is 14.5. The van der Waals surface area contributed by atoms with Gasteiger partial charge in [-0.2, -0.15) is 0 Å². The molecule has 9 aromatic carbocycles. The molecule has 12 rings (SSSR count). The molecule has 0 amide bonds. The summed E-state index contributed by atoms with van der Waals surface area (Å²) in [5, 5.41) is -1.16. The first-order valence-electron chi connectivity index (χ1n) is 29.7. The van der Waals surface area contributed by atoms with Crippen LogP contribution in [0.15, 0.2) is 236 Å². The van der Waals surface area contributed by atoms with Crippen LogP contribution in [0.3, 0.4) is 0 Å². The molecule has 0 radical (unpaired) electrons. The maximum atomic E-state index is 10.5. The predicted molar refractivity (Wildman–Crippen MR) is 263 cm³/mol. The molecule has 296 valence electrons. The fourth-order valence-electron chi connectivity index (χ4n) is 8.48. The Morgan fingerprint density at radius 3 is 1.30 bits per heavy atom. The Bertz CT molecular complexity index is 4560. The van der Waals surface area contributed by atoms with Gasteiger partial charge in [0.05, 0.1) is 8.22 Å². The fourth-order valence-corrected chi connectivity index (χ4v) is 17.9. The van der Waals surface area contributed by atoms with E-state index < -0.39 is 168 Å². The van der Waals surface area contributed by atoms with E-state index in [0.29, 0.717) is 0 Å². The van der Waals surface area contributed by atoms with Gasteiger partial charge >= 0.3 is 376 Å². The molecule has 0 bridgehead atoms. The summed E-state index contributed by atoms with van der Waals surface area (Å²) >= 11 is -4.79.